The lowest BCUT2D eigenvalue weighted by molar-refractivity contribution is -0.130. The van der Waals surface area contributed by atoms with E-state index in [-0.39, 0.29) is 5.60 Å². The third-order valence-corrected chi connectivity index (χ3v) is 3.92. The molecule has 0 aromatic rings. The predicted molar refractivity (Wildman–Crippen MR) is 68.7 cm³/mol. The summed E-state index contributed by atoms with van der Waals surface area (Å²) in [5.74, 6) is 0.589. The molecular formula is C14H27NO2. The Balaban J connectivity index is 1.76. The van der Waals surface area contributed by atoms with Gasteiger partial charge in [-0.05, 0) is 31.6 Å². The van der Waals surface area contributed by atoms with Crippen molar-refractivity contribution < 1.29 is 9.57 Å². The van der Waals surface area contributed by atoms with Crippen LogP contribution in [0.4, 0.5) is 0 Å². The van der Waals surface area contributed by atoms with Crippen LogP contribution in [0.15, 0.2) is 0 Å². The monoisotopic (exact) mass is 241 g/mol. The highest BCUT2D eigenvalue weighted by Crippen LogP contribution is 2.38. The van der Waals surface area contributed by atoms with Crippen LogP contribution in [-0.4, -0.2) is 24.9 Å². The first-order valence-corrected chi connectivity index (χ1v) is 7.21. The van der Waals surface area contributed by atoms with E-state index >= 15 is 0 Å². The van der Waals surface area contributed by atoms with Crippen LogP contribution in [0.3, 0.4) is 0 Å². The third kappa shape index (κ3) is 3.94. The highest BCUT2D eigenvalue weighted by molar-refractivity contribution is 4.91. The molecule has 1 saturated heterocycles. The fourth-order valence-corrected chi connectivity index (χ4v) is 3.01. The summed E-state index contributed by atoms with van der Waals surface area (Å²) in [6.45, 7) is 6.04. The SMILES string of the molecule is CC(C)CONC1CCOC2(CCCCC2)C1. The van der Waals surface area contributed by atoms with Crippen LogP contribution in [0, 0.1) is 5.92 Å². The topological polar surface area (TPSA) is 30.5 Å². The summed E-state index contributed by atoms with van der Waals surface area (Å²) in [4.78, 5) is 5.56. The molecule has 1 spiro atoms. The number of hydrogen-bond donors (Lipinski definition) is 1. The van der Waals surface area contributed by atoms with Gasteiger partial charge in [-0.1, -0.05) is 33.1 Å². The van der Waals surface area contributed by atoms with Crippen molar-refractivity contribution >= 4 is 0 Å². The van der Waals surface area contributed by atoms with Crippen molar-refractivity contribution in [1.82, 2.24) is 5.48 Å². The average molecular weight is 241 g/mol. The van der Waals surface area contributed by atoms with Crippen molar-refractivity contribution in [3.05, 3.63) is 0 Å². The van der Waals surface area contributed by atoms with Crippen molar-refractivity contribution in [3.8, 4) is 0 Å². The summed E-state index contributed by atoms with van der Waals surface area (Å²) in [6.07, 6.45) is 8.75. The third-order valence-electron chi connectivity index (χ3n) is 3.92. The fourth-order valence-electron chi connectivity index (χ4n) is 3.01. The van der Waals surface area contributed by atoms with Gasteiger partial charge in [0.05, 0.1) is 12.2 Å². The van der Waals surface area contributed by atoms with E-state index in [4.69, 9.17) is 9.57 Å². The van der Waals surface area contributed by atoms with Crippen LogP contribution in [0.5, 0.6) is 0 Å². The van der Waals surface area contributed by atoms with Crippen molar-refractivity contribution in [2.75, 3.05) is 13.2 Å². The van der Waals surface area contributed by atoms with Gasteiger partial charge in [0.25, 0.3) is 0 Å². The average Bonchev–Trinajstić information content (AvgIpc) is 2.29. The Morgan fingerprint density at radius 1 is 1.29 bits per heavy atom. The van der Waals surface area contributed by atoms with Gasteiger partial charge in [0.2, 0.25) is 0 Å². The molecule has 1 aliphatic heterocycles. The molecule has 2 rings (SSSR count). The molecule has 1 N–H and O–H groups in total. The van der Waals surface area contributed by atoms with E-state index in [2.05, 4.69) is 19.3 Å². The van der Waals surface area contributed by atoms with Crippen LogP contribution < -0.4 is 5.48 Å². The molecule has 1 unspecified atom stereocenters. The predicted octanol–water partition coefficient (Wildman–Crippen LogP) is 3.05. The Labute approximate surface area is 105 Å². The Morgan fingerprint density at radius 2 is 2.06 bits per heavy atom. The molecule has 1 atom stereocenters. The van der Waals surface area contributed by atoms with Gasteiger partial charge in [-0.3, -0.25) is 0 Å². The lowest BCUT2D eigenvalue weighted by atomic mass is 9.78. The van der Waals surface area contributed by atoms with E-state index in [1.165, 1.54) is 32.1 Å². The van der Waals surface area contributed by atoms with Gasteiger partial charge in [0.1, 0.15) is 0 Å². The molecule has 1 aliphatic carbocycles. The molecule has 0 bridgehead atoms. The van der Waals surface area contributed by atoms with Crippen LogP contribution in [0.1, 0.15) is 58.8 Å². The number of hydrogen-bond acceptors (Lipinski definition) is 3. The summed E-state index contributed by atoms with van der Waals surface area (Å²) >= 11 is 0. The molecule has 1 heterocycles. The zero-order valence-corrected chi connectivity index (χ0v) is 11.3. The lowest BCUT2D eigenvalue weighted by Crippen LogP contribution is -2.48. The molecule has 17 heavy (non-hydrogen) atoms. The maximum atomic E-state index is 6.07. The van der Waals surface area contributed by atoms with Crippen molar-refractivity contribution in [3.63, 3.8) is 0 Å². The maximum absolute atomic E-state index is 6.07. The summed E-state index contributed by atoms with van der Waals surface area (Å²) in [5, 5.41) is 0. The first-order valence-electron chi connectivity index (χ1n) is 7.21. The largest absolute Gasteiger partial charge is 0.375 e. The van der Waals surface area contributed by atoms with Gasteiger partial charge >= 0.3 is 0 Å². The van der Waals surface area contributed by atoms with E-state index in [9.17, 15) is 0 Å². The van der Waals surface area contributed by atoms with Gasteiger partial charge in [0, 0.05) is 12.6 Å². The highest BCUT2D eigenvalue weighted by Gasteiger charge is 2.38. The van der Waals surface area contributed by atoms with Crippen LogP contribution in [0.25, 0.3) is 0 Å². The normalized spacial score (nSPS) is 28.8. The van der Waals surface area contributed by atoms with Gasteiger partial charge in [0.15, 0.2) is 0 Å². The van der Waals surface area contributed by atoms with Gasteiger partial charge in [-0.15, -0.1) is 0 Å². The Hall–Kier alpha value is -0.120. The zero-order valence-electron chi connectivity index (χ0n) is 11.3. The van der Waals surface area contributed by atoms with Crippen molar-refractivity contribution in [2.45, 2.75) is 70.4 Å². The minimum atomic E-state index is 0.176. The van der Waals surface area contributed by atoms with Crippen molar-refractivity contribution in [2.24, 2.45) is 5.92 Å². The van der Waals surface area contributed by atoms with E-state index in [0.29, 0.717) is 12.0 Å². The zero-order chi connectivity index (χ0) is 12.1. The van der Waals surface area contributed by atoms with E-state index in [1.54, 1.807) is 0 Å². The van der Waals surface area contributed by atoms with Crippen LogP contribution in [-0.2, 0) is 9.57 Å². The quantitative estimate of drug-likeness (QED) is 0.767. The van der Waals surface area contributed by atoms with Gasteiger partial charge in [-0.25, -0.2) is 0 Å². The second-order valence-electron chi connectivity index (χ2n) is 6.10. The number of ether oxygens (including phenoxy) is 1. The smallest absolute Gasteiger partial charge is 0.0705 e. The van der Waals surface area contributed by atoms with Gasteiger partial charge in [-0.2, -0.15) is 5.48 Å². The summed E-state index contributed by atoms with van der Waals surface area (Å²) in [7, 11) is 0. The highest BCUT2D eigenvalue weighted by atomic mass is 16.6. The standard InChI is InChI=1S/C14H27NO2/c1-12(2)11-17-15-13-6-9-16-14(10-13)7-4-3-5-8-14/h12-13,15H,3-11H2,1-2H3. The first-order chi connectivity index (χ1) is 8.20. The molecule has 1 saturated carbocycles. The van der Waals surface area contributed by atoms with E-state index in [0.717, 1.165) is 26.1 Å². The number of rotatable bonds is 4. The molecule has 3 nitrogen and oxygen atoms in total. The molecule has 0 radical (unpaired) electrons. The van der Waals surface area contributed by atoms with Gasteiger partial charge < -0.3 is 9.57 Å². The number of nitrogens with one attached hydrogen (secondary N) is 1. The Bertz CT molecular complexity index is 219. The second-order valence-corrected chi connectivity index (χ2v) is 6.10. The molecule has 2 fully saturated rings. The minimum absolute atomic E-state index is 0.176. The molecule has 3 heteroatoms. The summed E-state index contributed by atoms with van der Waals surface area (Å²) < 4.78 is 6.07. The second kappa shape index (κ2) is 6.17. The Kier molecular flexibility index (Phi) is 4.83. The molecule has 0 aromatic heterocycles. The summed E-state index contributed by atoms with van der Waals surface area (Å²) in [5.41, 5.74) is 3.42. The first kappa shape index (κ1) is 13.3. The minimum Gasteiger partial charge on any atom is -0.375 e. The number of hydroxylamine groups is 1. The van der Waals surface area contributed by atoms with Crippen LogP contribution in [0.2, 0.25) is 0 Å². The lowest BCUT2D eigenvalue weighted by Gasteiger charge is -2.43. The molecular weight excluding hydrogens is 214 g/mol. The molecule has 2 aliphatic rings. The Morgan fingerprint density at radius 3 is 2.76 bits per heavy atom. The molecule has 0 amide bonds. The summed E-state index contributed by atoms with van der Waals surface area (Å²) in [6, 6.07) is 0.487. The molecule has 0 aromatic carbocycles. The fraction of sp³-hybridized carbons (Fsp3) is 1.00. The van der Waals surface area contributed by atoms with Crippen LogP contribution >= 0.6 is 0 Å². The maximum Gasteiger partial charge on any atom is 0.0705 e. The molecule has 100 valence electrons. The van der Waals surface area contributed by atoms with E-state index in [1.807, 2.05) is 0 Å². The van der Waals surface area contributed by atoms with Crippen molar-refractivity contribution in [1.29, 1.82) is 0 Å². The van der Waals surface area contributed by atoms with E-state index < -0.39 is 0 Å².